The summed E-state index contributed by atoms with van der Waals surface area (Å²) in [6, 6.07) is -0.418. The SMILES string of the molecule is CN(C)[C@@H](CCCCNO)C(=O)O. The average molecular weight is 190 g/mol. The number of hydroxylamine groups is 1. The van der Waals surface area contributed by atoms with E-state index in [2.05, 4.69) is 0 Å². The molecule has 3 N–H and O–H groups in total. The molecular formula is C8H18N2O3. The maximum atomic E-state index is 10.7. The molecule has 5 heteroatoms. The Morgan fingerprint density at radius 3 is 2.46 bits per heavy atom. The van der Waals surface area contributed by atoms with Crippen LogP contribution in [0.15, 0.2) is 0 Å². The average Bonchev–Trinajstić information content (AvgIpc) is 2.02. The molecule has 0 rings (SSSR count). The summed E-state index contributed by atoms with van der Waals surface area (Å²) >= 11 is 0. The largest absolute Gasteiger partial charge is 0.480 e. The Hall–Kier alpha value is -0.650. The number of nitrogens with one attached hydrogen (secondary N) is 1. The number of aliphatic carboxylic acids is 1. The van der Waals surface area contributed by atoms with Gasteiger partial charge in [0.25, 0.3) is 0 Å². The first-order chi connectivity index (χ1) is 6.09. The van der Waals surface area contributed by atoms with Crippen LogP contribution in [0.1, 0.15) is 19.3 Å². The first kappa shape index (κ1) is 12.3. The molecule has 0 bridgehead atoms. The van der Waals surface area contributed by atoms with Crippen molar-refractivity contribution >= 4 is 5.97 Å². The quantitative estimate of drug-likeness (QED) is 0.393. The van der Waals surface area contributed by atoms with E-state index in [9.17, 15) is 4.79 Å². The second kappa shape index (κ2) is 6.82. The van der Waals surface area contributed by atoms with Gasteiger partial charge in [0, 0.05) is 6.54 Å². The molecule has 0 aliphatic heterocycles. The molecule has 0 aromatic heterocycles. The van der Waals surface area contributed by atoms with Crippen molar-refractivity contribution in [3.63, 3.8) is 0 Å². The zero-order valence-electron chi connectivity index (χ0n) is 8.16. The fourth-order valence-corrected chi connectivity index (χ4v) is 1.14. The molecule has 0 heterocycles. The molecule has 78 valence electrons. The highest BCUT2D eigenvalue weighted by Gasteiger charge is 2.18. The molecule has 0 saturated carbocycles. The lowest BCUT2D eigenvalue weighted by molar-refractivity contribution is -0.142. The van der Waals surface area contributed by atoms with E-state index in [1.165, 1.54) is 0 Å². The van der Waals surface area contributed by atoms with Gasteiger partial charge in [-0.05, 0) is 33.4 Å². The topological polar surface area (TPSA) is 72.8 Å². The van der Waals surface area contributed by atoms with Crippen molar-refractivity contribution in [1.29, 1.82) is 0 Å². The summed E-state index contributed by atoms with van der Waals surface area (Å²) in [5.74, 6) is -0.790. The van der Waals surface area contributed by atoms with Crippen LogP contribution in [0.5, 0.6) is 0 Å². The minimum absolute atomic E-state index is 0.418. The van der Waals surface area contributed by atoms with E-state index >= 15 is 0 Å². The van der Waals surface area contributed by atoms with Crippen LogP contribution in [0.2, 0.25) is 0 Å². The molecule has 0 saturated heterocycles. The number of unbranched alkanes of at least 4 members (excludes halogenated alkanes) is 1. The maximum absolute atomic E-state index is 10.7. The van der Waals surface area contributed by atoms with Crippen LogP contribution in [0.25, 0.3) is 0 Å². The van der Waals surface area contributed by atoms with Gasteiger partial charge in [0.15, 0.2) is 0 Å². The van der Waals surface area contributed by atoms with E-state index in [1.807, 2.05) is 5.48 Å². The molecule has 0 radical (unpaired) electrons. The van der Waals surface area contributed by atoms with E-state index in [-0.39, 0.29) is 0 Å². The molecule has 13 heavy (non-hydrogen) atoms. The second-order valence-corrected chi connectivity index (χ2v) is 3.22. The Morgan fingerprint density at radius 2 is 2.08 bits per heavy atom. The third-order valence-corrected chi connectivity index (χ3v) is 1.92. The Bertz CT molecular complexity index is 150. The number of carbonyl (C=O) groups is 1. The van der Waals surface area contributed by atoms with E-state index in [1.54, 1.807) is 19.0 Å². The molecule has 0 amide bonds. The summed E-state index contributed by atoms with van der Waals surface area (Å²) in [6.07, 6.45) is 2.20. The van der Waals surface area contributed by atoms with Gasteiger partial charge in [-0.3, -0.25) is 9.69 Å². The predicted molar refractivity (Wildman–Crippen MR) is 48.8 cm³/mol. The van der Waals surface area contributed by atoms with Gasteiger partial charge in [0.1, 0.15) is 6.04 Å². The fraction of sp³-hybridized carbons (Fsp3) is 0.875. The minimum Gasteiger partial charge on any atom is -0.480 e. The van der Waals surface area contributed by atoms with Crippen molar-refractivity contribution in [3.8, 4) is 0 Å². The first-order valence-electron chi connectivity index (χ1n) is 4.35. The Kier molecular flexibility index (Phi) is 6.48. The lowest BCUT2D eigenvalue weighted by Gasteiger charge is -2.19. The number of hydrogen-bond donors (Lipinski definition) is 3. The normalized spacial score (nSPS) is 13.2. The summed E-state index contributed by atoms with van der Waals surface area (Å²) in [4.78, 5) is 12.4. The summed E-state index contributed by atoms with van der Waals surface area (Å²) in [5, 5.41) is 17.1. The molecular weight excluding hydrogens is 172 g/mol. The lowest BCUT2D eigenvalue weighted by atomic mass is 10.1. The molecule has 1 atom stereocenters. The summed E-state index contributed by atoms with van der Waals surface area (Å²) in [5.41, 5.74) is 2.04. The predicted octanol–water partition coefficient (Wildman–Crippen LogP) is 0.150. The number of carboxylic acids is 1. The van der Waals surface area contributed by atoms with Crippen LogP contribution < -0.4 is 5.48 Å². The molecule has 0 aliphatic carbocycles. The zero-order chi connectivity index (χ0) is 10.3. The molecule has 0 fully saturated rings. The van der Waals surface area contributed by atoms with Crippen molar-refractivity contribution in [2.24, 2.45) is 0 Å². The highest BCUT2D eigenvalue weighted by atomic mass is 16.5. The van der Waals surface area contributed by atoms with E-state index in [0.29, 0.717) is 13.0 Å². The van der Waals surface area contributed by atoms with E-state index in [0.717, 1.165) is 12.8 Å². The van der Waals surface area contributed by atoms with Gasteiger partial charge < -0.3 is 10.3 Å². The number of rotatable bonds is 7. The standard InChI is InChI=1S/C8H18N2O3/c1-10(2)7(8(11)12)5-3-4-6-9-13/h7,9,13H,3-6H2,1-2H3,(H,11,12)/t7-/m0/s1. The van der Waals surface area contributed by atoms with Gasteiger partial charge in [-0.1, -0.05) is 0 Å². The van der Waals surface area contributed by atoms with Gasteiger partial charge in [0.2, 0.25) is 0 Å². The van der Waals surface area contributed by atoms with Crippen molar-refractivity contribution in [3.05, 3.63) is 0 Å². The maximum Gasteiger partial charge on any atom is 0.320 e. The van der Waals surface area contributed by atoms with Crippen molar-refractivity contribution < 1.29 is 15.1 Å². The Morgan fingerprint density at radius 1 is 1.46 bits per heavy atom. The lowest BCUT2D eigenvalue weighted by Crippen LogP contribution is -2.35. The minimum atomic E-state index is -0.790. The first-order valence-corrected chi connectivity index (χ1v) is 4.35. The number of nitrogens with zero attached hydrogens (tertiary/aromatic N) is 1. The Balaban J connectivity index is 3.64. The summed E-state index contributed by atoms with van der Waals surface area (Å²) in [6.45, 7) is 0.514. The zero-order valence-corrected chi connectivity index (χ0v) is 8.16. The van der Waals surface area contributed by atoms with Gasteiger partial charge in [-0.2, -0.15) is 0 Å². The third kappa shape index (κ3) is 5.57. The van der Waals surface area contributed by atoms with E-state index < -0.39 is 12.0 Å². The van der Waals surface area contributed by atoms with Crippen LogP contribution in [0.3, 0.4) is 0 Å². The highest BCUT2D eigenvalue weighted by molar-refractivity contribution is 5.73. The van der Waals surface area contributed by atoms with Crippen LogP contribution >= 0.6 is 0 Å². The molecule has 0 unspecified atom stereocenters. The number of likely N-dealkylation sites (N-methyl/N-ethyl adjacent to an activating group) is 1. The van der Waals surface area contributed by atoms with Crippen LogP contribution in [0.4, 0.5) is 0 Å². The molecule has 0 aromatic carbocycles. The van der Waals surface area contributed by atoms with Crippen LogP contribution in [-0.4, -0.2) is 47.9 Å². The van der Waals surface area contributed by atoms with Gasteiger partial charge in [-0.15, -0.1) is 0 Å². The van der Waals surface area contributed by atoms with Gasteiger partial charge >= 0.3 is 5.97 Å². The molecule has 5 nitrogen and oxygen atoms in total. The van der Waals surface area contributed by atoms with Crippen LogP contribution in [-0.2, 0) is 4.79 Å². The van der Waals surface area contributed by atoms with Gasteiger partial charge in [0.05, 0.1) is 0 Å². The van der Waals surface area contributed by atoms with Gasteiger partial charge in [-0.25, -0.2) is 5.48 Å². The fourth-order valence-electron chi connectivity index (χ4n) is 1.14. The smallest absolute Gasteiger partial charge is 0.320 e. The molecule has 0 spiro atoms. The second-order valence-electron chi connectivity index (χ2n) is 3.22. The van der Waals surface area contributed by atoms with E-state index in [4.69, 9.17) is 10.3 Å². The number of carboxylic acid groups (broad SMARTS) is 1. The monoisotopic (exact) mass is 190 g/mol. The molecule has 0 aliphatic rings. The highest BCUT2D eigenvalue weighted by Crippen LogP contribution is 2.05. The third-order valence-electron chi connectivity index (χ3n) is 1.92. The molecule has 0 aromatic rings. The summed E-state index contributed by atoms with van der Waals surface area (Å²) < 4.78 is 0. The summed E-state index contributed by atoms with van der Waals surface area (Å²) in [7, 11) is 3.51. The van der Waals surface area contributed by atoms with Crippen LogP contribution in [0, 0.1) is 0 Å². The van der Waals surface area contributed by atoms with Crippen molar-refractivity contribution in [2.45, 2.75) is 25.3 Å². The van der Waals surface area contributed by atoms with Crippen molar-refractivity contribution in [1.82, 2.24) is 10.4 Å². The Labute approximate surface area is 78.3 Å². The number of hydrogen-bond acceptors (Lipinski definition) is 4. The van der Waals surface area contributed by atoms with Crippen molar-refractivity contribution in [2.75, 3.05) is 20.6 Å².